The van der Waals surface area contributed by atoms with Gasteiger partial charge in [0.05, 0.1) is 0 Å². The van der Waals surface area contributed by atoms with Crippen LogP contribution in [-0.2, 0) is 6.54 Å². The molecule has 0 amide bonds. The topological polar surface area (TPSA) is 71.1 Å². The summed E-state index contributed by atoms with van der Waals surface area (Å²) in [5.41, 5.74) is 1.42. The highest BCUT2D eigenvalue weighted by Crippen LogP contribution is 2.20. The molecule has 2 aromatic carbocycles. The summed E-state index contributed by atoms with van der Waals surface area (Å²) in [6.45, 7) is 0.497. The Kier molecular flexibility index (Phi) is 3.47. The van der Waals surface area contributed by atoms with Gasteiger partial charge in [0.25, 0.3) is 10.9 Å². The Morgan fingerprint density at radius 2 is 1.52 bits per heavy atom. The van der Waals surface area contributed by atoms with Crippen molar-refractivity contribution < 1.29 is 0 Å². The van der Waals surface area contributed by atoms with Crippen LogP contribution in [0.1, 0.15) is 5.56 Å². The lowest BCUT2D eigenvalue weighted by atomic mass is 10.1. The van der Waals surface area contributed by atoms with Crippen LogP contribution in [0.15, 0.2) is 64.4 Å². The summed E-state index contributed by atoms with van der Waals surface area (Å²) in [6.07, 6.45) is 3.23. The quantitative estimate of drug-likeness (QED) is 0.699. The highest BCUT2D eigenvalue weighted by Gasteiger charge is 2.20. The first-order valence-corrected chi connectivity index (χ1v) is 6.54. The van der Waals surface area contributed by atoms with Crippen LogP contribution in [0.25, 0.3) is 0 Å². The molecule has 1 aromatic heterocycles. The molecule has 5 nitrogen and oxygen atoms in total. The summed E-state index contributed by atoms with van der Waals surface area (Å²) < 4.78 is 0. The van der Waals surface area contributed by atoms with Crippen molar-refractivity contribution in [3.8, 4) is 0 Å². The van der Waals surface area contributed by atoms with Gasteiger partial charge in [-0.25, -0.2) is 0 Å². The molecular formula is C16H13N3O2. The summed E-state index contributed by atoms with van der Waals surface area (Å²) in [7, 11) is 0. The predicted octanol–water partition coefficient (Wildman–Crippen LogP) is 2.03. The third kappa shape index (κ3) is 2.67. The predicted molar refractivity (Wildman–Crippen MR) is 82.6 cm³/mol. The van der Waals surface area contributed by atoms with E-state index in [1.807, 2.05) is 30.3 Å². The molecule has 5 heteroatoms. The van der Waals surface area contributed by atoms with Crippen LogP contribution in [0.5, 0.6) is 0 Å². The lowest BCUT2D eigenvalue weighted by Crippen LogP contribution is -2.36. The molecule has 0 atom stereocenters. The number of nitrogens with zero attached hydrogens (tertiary/aromatic N) is 1. The van der Waals surface area contributed by atoms with Gasteiger partial charge in [0.15, 0.2) is 0 Å². The van der Waals surface area contributed by atoms with Gasteiger partial charge >= 0.3 is 0 Å². The second-order valence-electron chi connectivity index (χ2n) is 4.61. The Balaban J connectivity index is 1.76. The van der Waals surface area contributed by atoms with Crippen LogP contribution in [0.4, 0.5) is 17.1 Å². The normalized spacial score (nSPS) is 10.5. The molecule has 3 aromatic rings. The highest BCUT2D eigenvalue weighted by molar-refractivity contribution is 5.78. The first kappa shape index (κ1) is 13.1. The van der Waals surface area contributed by atoms with Crippen molar-refractivity contribution in [1.29, 1.82) is 0 Å². The molecule has 0 unspecified atom stereocenters. The van der Waals surface area contributed by atoms with Crippen LogP contribution in [0, 0.1) is 0 Å². The molecule has 0 aliphatic carbocycles. The van der Waals surface area contributed by atoms with Crippen molar-refractivity contribution >= 4 is 17.1 Å². The van der Waals surface area contributed by atoms with Crippen molar-refractivity contribution in [1.82, 2.24) is 4.98 Å². The minimum Gasteiger partial charge on any atom is -0.376 e. The fourth-order valence-corrected chi connectivity index (χ4v) is 2.05. The highest BCUT2D eigenvalue weighted by atomic mass is 16.2. The molecule has 0 fully saturated rings. The van der Waals surface area contributed by atoms with E-state index >= 15 is 0 Å². The van der Waals surface area contributed by atoms with Gasteiger partial charge in [-0.3, -0.25) is 14.6 Å². The maximum Gasteiger partial charge on any atom is 0.253 e. The van der Waals surface area contributed by atoms with Crippen LogP contribution in [0.3, 0.4) is 0 Å². The molecule has 0 bridgehead atoms. The van der Waals surface area contributed by atoms with Gasteiger partial charge in [-0.1, -0.05) is 30.3 Å². The van der Waals surface area contributed by atoms with Crippen molar-refractivity contribution in [2.75, 3.05) is 10.6 Å². The summed E-state index contributed by atoms with van der Waals surface area (Å²) in [5.74, 6) is 0. The van der Waals surface area contributed by atoms with Crippen LogP contribution in [-0.4, -0.2) is 4.98 Å². The van der Waals surface area contributed by atoms with Crippen molar-refractivity contribution in [2.24, 2.45) is 0 Å². The first-order chi connectivity index (χ1) is 10.3. The number of hydrogen-bond donors (Lipinski definition) is 2. The maximum atomic E-state index is 11.7. The molecular weight excluding hydrogens is 266 g/mol. The summed E-state index contributed by atoms with van der Waals surface area (Å²) in [4.78, 5) is 27.2. The third-order valence-corrected chi connectivity index (χ3v) is 3.17. The molecule has 0 spiro atoms. The van der Waals surface area contributed by atoms with E-state index in [1.165, 1.54) is 0 Å². The van der Waals surface area contributed by atoms with E-state index in [1.54, 1.807) is 24.5 Å². The number of pyridine rings is 1. The molecule has 0 radical (unpaired) electrons. The fourth-order valence-electron chi connectivity index (χ4n) is 2.05. The summed E-state index contributed by atoms with van der Waals surface area (Å²) >= 11 is 0. The summed E-state index contributed by atoms with van der Waals surface area (Å²) in [6, 6.07) is 13.2. The van der Waals surface area contributed by atoms with Gasteiger partial charge in [0.2, 0.25) is 0 Å². The second kappa shape index (κ2) is 5.58. The van der Waals surface area contributed by atoms with Gasteiger partial charge in [0, 0.05) is 24.6 Å². The Bertz CT molecular complexity index is 807. The zero-order chi connectivity index (χ0) is 14.7. The SMILES string of the molecule is O=c1c(NCc2ccccc2)c(Nc2ccncc2)c1=O. The standard InChI is InChI=1S/C16H13N3O2/c20-15-13(18-10-11-4-2-1-3-5-11)14(16(15)21)19-12-6-8-17-9-7-12/h1-9,18H,10H2,(H,17,19). The zero-order valence-electron chi connectivity index (χ0n) is 11.2. The molecule has 0 aliphatic rings. The average Bonchev–Trinajstić information content (AvgIpc) is 2.55. The molecule has 3 rings (SSSR count). The third-order valence-electron chi connectivity index (χ3n) is 3.17. The smallest absolute Gasteiger partial charge is 0.253 e. The largest absolute Gasteiger partial charge is 0.376 e. The van der Waals surface area contributed by atoms with Crippen molar-refractivity contribution in [3.05, 3.63) is 80.9 Å². The first-order valence-electron chi connectivity index (χ1n) is 6.54. The van der Waals surface area contributed by atoms with Gasteiger partial charge < -0.3 is 10.6 Å². The molecule has 1 heterocycles. The fraction of sp³-hybridized carbons (Fsp3) is 0.0625. The monoisotopic (exact) mass is 279 g/mol. The van der Waals surface area contributed by atoms with E-state index < -0.39 is 10.9 Å². The zero-order valence-corrected chi connectivity index (χ0v) is 11.2. The van der Waals surface area contributed by atoms with Gasteiger partial charge in [0.1, 0.15) is 11.4 Å². The Hall–Kier alpha value is -2.95. The molecule has 0 saturated carbocycles. The lowest BCUT2D eigenvalue weighted by molar-refractivity contribution is 1.13. The molecule has 2 N–H and O–H groups in total. The second-order valence-corrected chi connectivity index (χ2v) is 4.61. The van der Waals surface area contributed by atoms with E-state index in [-0.39, 0.29) is 0 Å². The Morgan fingerprint density at radius 3 is 2.24 bits per heavy atom. The summed E-state index contributed by atoms with van der Waals surface area (Å²) in [5, 5.41) is 5.97. The van der Waals surface area contributed by atoms with Crippen LogP contribution >= 0.6 is 0 Å². The van der Waals surface area contributed by atoms with Crippen molar-refractivity contribution in [3.63, 3.8) is 0 Å². The number of anilines is 3. The van der Waals surface area contributed by atoms with E-state index in [0.717, 1.165) is 11.3 Å². The van der Waals surface area contributed by atoms with E-state index in [0.29, 0.717) is 17.9 Å². The van der Waals surface area contributed by atoms with Gasteiger partial charge in [-0.05, 0) is 17.7 Å². The number of benzene rings is 1. The Labute approximate surface area is 121 Å². The van der Waals surface area contributed by atoms with Gasteiger partial charge in [-0.2, -0.15) is 0 Å². The van der Waals surface area contributed by atoms with Crippen LogP contribution < -0.4 is 21.5 Å². The number of nitrogens with one attached hydrogen (secondary N) is 2. The maximum absolute atomic E-state index is 11.7. The minimum atomic E-state index is -0.498. The number of hydrogen-bond acceptors (Lipinski definition) is 5. The molecule has 21 heavy (non-hydrogen) atoms. The molecule has 104 valence electrons. The Morgan fingerprint density at radius 1 is 0.857 bits per heavy atom. The van der Waals surface area contributed by atoms with Crippen LogP contribution in [0.2, 0.25) is 0 Å². The van der Waals surface area contributed by atoms with E-state index in [9.17, 15) is 9.59 Å². The van der Waals surface area contributed by atoms with Gasteiger partial charge in [-0.15, -0.1) is 0 Å². The van der Waals surface area contributed by atoms with Crippen molar-refractivity contribution in [2.45, 2.75) is 6.54 Å². The molecule has 0 aliphatic heterocycles. The number of rotatable bonds is 5. The minimum absolute atomic E-state index is 0.308. The van der Waals surface area contributed by atoms with E-state index in [4.69, 9.17) is 0 Å². The lowest BCUT2D eigenvalue weighted by Gasteiger charge is -2.14. The number of aromatic nitrogens is 1. The molecule has 0 saturated heterocycles. The van der Waals surface area contributed by atoms with E-state index in [2.05, 4.69) is 15.6 Å². The average molecular weight is 279 g/mol.